The van der Waals surface area contributed by atoms with Gasteiger partial charge in [0.15, 0.2) is 5.03 Å². The molecular formula is C19H18N4O5S. The first kappa shape index (κ1) is 20.1. The van der Waals surface area contributed by atoms with Crippen LogP contribution < -0.4 is 10.0 Å². The SMILES string of the molecule is CCOC(=O)c1cccc(NC(=O)c2cn[nH]c2S(=O)(=O)Nc2ccccc2)c1. The number of hydrogen-bond acceptors (Lipinski definition) is 6. The van der Waals surface area contributed by atoms with E-state index >= 15 is 0 Å². The molecule has 1 amide bonds. The predicted octanol–water partition coefficient (Wildman–Crippen LogP) is 2.64. The molecule has 0 aliphatic rings. The van der Waals surface area contributed by atoms with E-state index in [0.717, 1.165) is 6.20 Å². The van der Waals surface area contributed by atoms with E-state index in [1.54, 1.807) is 55.5 Å². The summed E-state index contributed by atoms with van der Waals surface area (Å²) in [4.78, 5) is 24.5. The van der Waals surface area contributed by atoms with E-state index in [1.807, 2.05) is 0 Å². The summed E-state index contributed by atoms with van der Waals surface area (Å²) in [6.45, 7) is 1.91. The predicted molar refractivity (Wildman–Crippen MR) is 106 cm³/mol. The quantitative estimate of drug-likeness (QED) is 0.510. The van der Waals surface area contributed by atoms with Crippen LogP contribution in [0.2, 0.25) is 0 Å². The number of benzene rings is 2. The summed E-state index contributed by atoms with van der Waals surface area (Å²) < 4.78 is 32.6. The van der Waals surface area contributed by atoms with Crippen molar-refractivity contribution in [3.8, 4) is 0 Å². The normalized spacial score (nSPS) is 10.9. The number of carbonyl (C=O) groups excluding carboxylic acids is 2. The van der Waals surface area contributed by atoms with Crippen molar-refractivity contribution >= 4 is 33.3 Å². The third-order valence-corrected chi connectivity index (χ3v) is 5.13. The molecule has 1 heterocycles. The summed E-state index contributed by atoms with van der Waals surface area (Å²) in [7, 11) is -4.07. The lowest BCUT2D eigenvalue weighted by Crippen LogP contribution is -2.20. The van der Waals surface area contributed by atoms with Gasteiger partial charge in [-0.2, -0.15) is 13.5 Å². The van der Waals surface area contributed by atoms with Gasteiger partial charge >= 0.3 is 5.97 Å². The van der Waals surface area contributed by atoms with Gasteiger partial charge in [-0.3, -0.25) is 14.6 Å². The molecule has 0 spiro atoms. The molecule has 3 aromatic rings. The molecule has 0 saturated carbocycles. The number of esters is 1. The summed E-state index contributed by atoms with van der Waals surface area (Å²) in [5, 5.41) is 8.21. The number of H-pyrrole nitrogens is 1. The van der Waals surface area contributed by atoms with Gasteiger partial charge in [-0.05, 0) is 37.3 Å². The Bertz CT molecular complexity index is 1130. The second-order valence-electron chi connectivity index (χ2n) is 5.84. The summed E-state index contributed by atoms with van der Waals surface area (Å²) >= 11 is 0. The van der Waals surface area contributed by atoms with Gasteiger partial charge in [0.1, 0.15) is 0 Å². The van der Waals surface area contributed by atoms with Crippen molar-refractivity contribution in [1.29, 1.82) is 0 Å². The Balaban J connectivity index is 1.81. The molecule has 0 bridgehead atoms. The van der Waals surface area contributed by atoms with Gasteiger partial charge in [-0.15, -0.1) is 0 Å². The molecule has 0 atom stereocenters. The largest absolute Gasteiger partial charge is 0.462 e. The van der Waals surface area contributed by atoms with Gasteiger partial charge < -0.3 is 10.1 Å². The minimum absolute atomic E-state index is 0.171. The average molecular weight is 414 g/mol. The Labute approximate surface area is 167 Å². The topological polar surface area (TPSA) is 130 Å². The zero-order valence-corrected chi connectivity index (χ0v) is 16.2. The average Bonchev–Trinajstić information content (AvgIpc) is 3.20. The number of sulfonamides is 1. The van der Waals surface area contributed by atoms with Crippen LogP contribution in [0.1, 0.15) is 27.6 Å². The summed E-state index contributed by atoms with van der Waals surface area (Å²) in [5.74, 6) is -1.23. The Morgan fingerprint density at radius 1 is 1.07 bits per heavy atom. The fourth-order valence-electron chi connectivity index (χ4n) is 2.49. The summed E-state index contributed by atoms with van der Waals surface area (Å²) in [5.41, 5.74) is 0.738. The molecular weight excluding hydrogens is 396 g/mol. The number of nitrogens with one attached hydrogen (secondary N) is 3. The number of para-hydroxylation sites is 1. The minimum Gasteiger partial charge on any atom is -0.462 e. The smallest absolute Gasteiger partial charge is 0.338 e. The Morgan fingerprint density at radius 2 is 1.79 bits per heavy atom. The maximum Gasteiger partial charge on any atom is 0.338 e. The molecule has 3 N–H and O–H groups in total. The summed E-state index contributed by atoms with van der Waals surface area (Å²) in [6, 6.07) is 14.4. The van der Waals surface area contributed by atoms with Gasteiger partial charge in [0.05, 0.1) is 23.9 Å². The van der Waals surface area contributed by atoms with Crippen molar-refractivity contribution in [2.45, 2.75) is 11.9 Å². The van der Waals surface area contributed by atoms with Gasteiger partial charge in [-0.1, -0.05) is 24.3 Å². The lowest BCUT2D eigenvalue weighted by Gasteiger charge is -2.09. The Kier molecular flexibility index (Phi) is 5.93. The fraction of sp³-hybridized carbons (Fsp3) is 0.105. The van der Waals surface area contributed by atoms with Crippen LogP contribution in [-0.2, 0) is 14.8 Å². The van der Waals surface area contributed by atoms with Crippen molar-refractivity contribution < 1.29 is 22.7 Å². The second-order valence-corrected chi connectivity index (χ2v) is 7.46. The lowest BCUT2D eigenvalue weighted by atomic mass is 10.2. The highest BCUT2D eigenvalue weighted by Gasteiger charge is 2.25. The fourth-order valence-corrected chi connectivity index (χ4v) is 3.65. The Hall–Kier alpha value is -3.66. The van der Waals surface area contributed by atoms with Crippen LogP contribution in [-0.4, -0.2) is 37.1 Å². The van der Waals surface area contributed by atoms with Crippen molar-refractivity contribution in [2.75, 3.05) is 16.6 Å². The molecule has 29 heavy (non-hydrogen) atoms. The maximum atomic E-state index is 12.6. The van der Waals surface area contributed by atoms with Crippen LogP contribution in [0.25, 0.3) is 0 Å². The molecule has 10 heteroatoms. The van der Waals surface area contributed by atoms with Crippen molar-refractivity contribution in [1.82, 2.24) is 10.2 Å². The van der Waals surface area contributed by atoms with Crippen molar-refractivity contribution in [3.63, 3.8) is 0 Å². The third kappa shape index (κ3) is 4.79. The second kappa shape index (κ2) is 8.57. The first-order valence-corrected chi connectivity index (χ1v) is 10.1. The first-order valence-electron chi connectivity index (χ1n) is 8.60. The number of amides is 1. The first-order chi connectivity index (χ1) is 13.9. The third-order valence-electron chi connectivity index (χ3n) is 3.78. The van der Waals surface area contributed by atoms with Crippen LogP contribution in [0.5, 0.6) is 0 Å². The molecule has 0 saturated heterocycles. The number of aromatic amines is 1. The molecule has 1 aromatic heterocycles. The van der Waals surface area contributed by atoms with Crippen LogP contribution in [0.15, 0.2) is 65.8 Å². The van der Waals surface area contributed by atoms with Gasteiger partial charge in [-0.25, -0.2) is 4.79 Å². The number of rotatable bonds is 7. The highest BCUT2D eigenvalue weighted by atomic mass is 32.2. The molecule has 2 aromatic carbocycles. The number of nitrogens with zero attached hydrogens (tertiary/aromatic N) is 1. The monoisotopic (exact) mass is 414 g/mol. The highest BCUT2D eigenvalue weighted by Crippen LogP contribution is 2.19. The van der Waals surface area contributed by atoms with E-state index < -0.39 is 21.9 Å². The molecule has 0 aliphatic heterocycles. The molecule has 9 nitrogen and oxygen atoms in total. The lowest BCUT2D eigenvalue weighted by molar-refractivity contribution is 0.0526. The highest BCUT2D eigenvalue weighted by molar-refractivity contribution is 7.92. The van der Waals surface area contributed by atoms with Crippen molar-refractivity contribution in [3.05, 3.63) is 71.9 Å². The van der Waals surface area contributed by atoms with Crippen molar-refractivity contribution in [2.24, 2.45) is 0 Å². The summed E-state index contributed by atoms with van der Waals surface area (Å²) in [6.07, 6.45) is 1.12. The zero-order chi connectivity index (χ0) is 20.9. The number of ether oxygens (including phenoxy) is 1. The molecule has 150 valence electrons. The minimum atomic E-state index is -4.07. The number of anilines is 2. The van der Waals surface area contributed by atoms with E-state index in [1.165, 1.54) is 6.07 Å². The molecule has 3 rings (SSSR count). The van der Waals surface area contributed by atoms with E-state index in [4.69, 9.17) is 4.74 Å². The number of aromatic nitrogens is 2. The number of carbonyl (C=O) groups is 2. The van der Waals surface area contributed by atoms with E-state index in [0.29, 0.717) is 11.4 Å². The van der Waals surface area contributed by atoms with Crippen LogP contribution in [0.3, 0.4) is 0 Å². The van der Waals surface area contributed by atoms with Crippen LogP contribution in [0.4, 0.5) is 11.4 Å². The van der Waals surface area contributed by atoms with Gasteiger partial charge in [0.25, 0.3) is 15.9 Å². The Morgan fingerprint density at radius 3 is 2.52 bits per heavy atom. The van der Waals surface area contributed by atoms with E-state index in [-0.39, 0.29) is 22.8 Å². The molecule has 0 unspecified atom stereocenters. The number of hydrogen-bond donors (Lipinski definition) is 3. The molecule has 0 radical (unpaired) electrons. The molecule has 0 aliphatic carbocycles. The van der Waals surface area contributed by atoms with Gasteiger partial charge in [0.2, 0.25) is 0 Å². The van der Waals surface area contributed by atoms with Crippen LogP contribution in [0, 0.1) is 0 Å². The van der Waals surface area contributed by atoms with E-state index in [2.05, 4.69) is 20.2 Å². The standard InChI is InChI=1S/C19H18N4O5S/c1-2-28-19(25)13-7-6-10-15(11-13)21-17(24)16-12-20-22-18(16)29(26,27)23-14-8-4-3-5-9-14/h3-12,23H,2H2,1H3,(H,20,22)(H,21,24). The van der Waals surface area contributed by atoms with E-state index in [9.17, 15) is 18.0 Å². The maximum absolute atomic E-state index is 12.6. The van der Waals surface area contributed by atoms with Gasteiger partial charge in [0, 0.05) is 11.4 Å². The zero-order valence-electron chi connectivity index (χ0n) is 15.4. The van der Waals surface area contributed by atoms with Crippen LogP contribution >= 0.6 is 0 Å². The molecule has 0 fully saturated rings.